The summed E-state index contributed by atoms with van der Waals surface area (Å²) in [6.07, 6.45) is 0.577. The molecule has 1 unspecified atom stereocenters. The molecule has 0 bridgehead atoms. The van der Waals surface area contributed by atoms with Gasteiger partial charge in [-0.1, -0.05) is 30.4 Å². The van der Waals surface area contributed by atoms with Gasteiger partial charge in [0.05, 0.1) is 10.1 Å². The fourth-order valence-electron chi connectivity index (χ4n) is 1.85. The number of sulfone groups is 1. The molecule has 2 rings (SSSR count). The molecule has 1 heterocycles. The molecule has 0 aliphatic carbocycles. The van der Waals surface area contributed by atoms with Crippen molar-refractivity contribution in [2.75, 3.05) is 0 Å². The van der Waals surface area contributed by atoms with Gasteiger partial charge in [0.15, 0.2) is 9.84 Å². The van der Waals surface area contributed by atoms with Crippen LogP contribution in [0.2, 0.25) is 0 Å². The first kappa shape index (κ1) is 9.46. The van der Waals surface area contributed by atoms with Crippen molar-refractivity contribution in [2.45, 2.75) is 23.5 Å². The van der Waals surface area contributed by atoms with Gasteiger partial charge in [-0.25, -0.2) is 8.42 Å². The molecule has 3 heteroatoms. The fraction of sp³-hybridized carbons (Fsp3) is 0.273. The maximum absolute atomic E-state index is 12.0. The van der Waals surface area contributed by atoms with Gasteiger partial charge in [0.2, 0.25) is 0 Å². The van der Waals surface area contributed by atoms with Crippen LogP contribution in [0.5, 0.6) is 0 Å². The molecule has 1 aromatic rings. The topological polar surface area (TPSA) is 34.1 Å². The van der Waals surface area contributed by atoms with Crippen LogP contribution in [0.3, 0.4) is 0 Å². The van der Waals surface area contributed by atoms with Crippen molar-refractivity contribution in [1.29, 1.82) is 0 Å². The molecule has 1 atom stereocenters. The molecule has 74 valence electrons. The van der Waals surface area contributed by atoms with E-state index in [9.17, 15) is 8.42 Å². The number of benzene rings is 1. The lowest BCUT2D eigenvalue weighted by atomic mass is 10.1. The average molecular weight is 208 g/mol. The van der Waals surface area contributed by atoms with Crippen molar-refractivity contribution < 1.29 is 8.42 Å². The molecular formula is C11H12O2S. The van der Waals surface area contributed by atoms with Crippen LogP contribution in [0.1, 0.15) is 12.5 Å². The Morgan fingerprint density at radius 2 is 2.07 bits per heavy atom. The molecular weight excluding hydrogens is 196 g/mol. The zero-order valence-electron chi connectivity index (χ0n) is 8.03. The minimum atomic E-state index is -3.15. The third-order valence-electron chi connectivity index (χ3n) is 2.61. The van der Waals surface area contributed by atoms with E-state index >= 15 is 0 Å². The summed E-state index contributed by atoms with van der Waals surface area (Å²) in [7, 11) is -3.15. The number of hydrogen-bond donors (Lipinski definition) is 0. The molecule has 1 aliphatic heterocycles. The lowest BCUT2D eigenvalue weighted by Gasteiger charge is -2.07. The monoisotopic (exact) mass is 208 g/mol. The molecule has 2 nitrogen and oxygen atoms in total. The van der Waals surface area contributed by atoms with Gasteiger partial charge in [0, 0.05) is 0 Å². The lowest BCUT2D eigenvalue weighted by molar-refractivity contribution is 0.592. The van der Waals surface area contributed by atoms with Gasteiger partial charge < -0.3 is 0 Å². The van der Waals surface area contributed by atoms with Crippen LogP contribution >= 0.6 is 0 Å². The van der Waals surface area contributed by atoms with Crippen molar-refractivity contribution in [3.05, 3.63) is 42.0 Å². The first-order chi connectivity index (χ1) is 6.53. The summed E-state index contributed by atoms with van der Waals surface area (Å²) >= 11 is 0. The standard InChI is InChI=1S/C11H12O2S/c1-8(2)11-7-9-5-3-4-6-10(9)14(11,12)13/h3-6,11H,1,7H2,2H3. The normalized spacial score (nSPS) is 23.1. The summed E-state index contributed by atoms with van der Waals surface area (Å²) in [5, 5.41) is -0.417. The zero-order chi connectivity index (χ0) is 10.3. The lowest BCUT2D eigenvalue weighted by Crippen LogP contribution is -2.17. The van der Waals surface area contributed by atoms with Crippen molar-refractivity contribution in [2.24, 2.45) is 0 Å². The predicted molar refractivity (Wildman–Crippen MR) is 55.9 cm³/mol. The quantitative estimate of drug-likeness (QED) is 0.661. The summed E-state index contributed by atoms with van der Waals surface area (Å²) in [5.41, 5.74) is 1.64. The van der Waals surface area contributed by atoms with Crippen LogP contribution in [0.25, 0.3) is 0 Å². The van der Waals surface area contributed by atoms with E-state index in [1.165, 1.54) is 0 Å². The summed E-state index contributed by atoms with van der Waals surface area (Å²) in [4.78, 5) is 0.480. The second-order valence-corrected chi connectivity index (χ2v) is 5.79. The van der Waals surface area contributed by atoms with Gasteiger partial charge in [-0.3, -0.25) is 0 Å². The van der Waals surface area contributed by atoms with Crippen molar-refractivity contribution in [1.82, 2.24) is 0 Å². The number of fused-ring (bicyclic) bond motifs is 1. The molecule has 0 saturated heterocycles. The highest BCUT2D eigenvalue weighted by atomic mass is 32.2. The SMILES string of the molecule is C=C(C)C1Cc2ccccc2S1(=O)=O. The Bertz CT molecular complexity index is 486. The number of hydrogen-bond acceptors (Lipinski definition) is 2. The van der Waals surface area contributed by atoms with Gasteiger partial charge in [-0.2, -0.15) is 0 Å². The molecule has 0 saturated carbocycles. The molecule has 0 aromatic heterocycles. The van der Waals surface area contributed by atoms with Gasteiger partial charge in [0.1, 0.15) is 0 Å². The second kappa shape index (κ2) is 2.95. The largest absolute Gasteiger partial charge is 0.223 e. The maximum Gasteiger partial charge on any atom is 0.185 e. The predicted octanol–water partition coefficient (Wildman–Crippen LogP) is 1.96. The molecule has 14 heavy (non-hydrogen) atoms. The Kier molecular flexibility index (Phi) is 2.00. The van der Waals surface area contributed by atoms with Gasteiger partial charge in [-0.15, -0.1) is 0 Å². The highest BCUT2D eigenvalue weighted by molar-refractivity contribution is 7.92. The van der Waals surface area contributed by atoms with E-state index in [0.29, 0.717) is 11.3 Å². The third kappa shape index (κ3) is 1.20. The van der Waals surface area contributed by atoms with Crippen molar-refractivity contribution in [3.8, 4) is 0 Å². The fourth-order valence-corrected chi connectivity index (χ4v) is 3.87. The van der Waals surface area contributed by atoms with E-state index in [2.05, 4.69) is 6.58 Å². The molecule has 0 amide bonds. The van der Waals surface area contributed by atoms with Gasteiger partial charge in [0.25, 0.3) is 0 Å². The van der Waals surface area contributed by atoms with Crippen LogP contribution in [-0.4, -0.2) is 13.7 Å². The molecule has 0 fully saturated rings. The summed E-state index contributed by atoms with van der Waals surface area (Å²) in [5.74, 6) is 0. The Balaban J connectivity index is 2.62. The van der Waals surface area contributed by atoms with Crippen LogP contribution in [0.4, 0.5) is 0 Å². The Morgan fingerprint density at radius 3 is 2.64 bits per heavy atom. The minimum Gasteiger partial charge on any atom is -0.223 e. The van der Waals surface area contributed by atoms with Gasteiger partial charge in [-0.05, 0) is 25.0 Å². The zero-order valence-corrected chi connectivity index (χ0v) is 8.84. The Hall–Kier alpha value is -1.09. The Morgan fingerprint density at radius 1 is 1.43 bits per heavy atom. The van der Waals surface area contributed by atoms with E-state index in [4.69, 9.17) is 0 Å². The molecule has 0 radical (unpaired) electrons. The minimum absolute atomic E-state index is 0.417. The van der Waals surface area contributed by atoms with E-state index in [0.717, 1.165) is 11.1 Å². The van der Waals surface area contributed by atoms with E-state index in [-0.39, 0.29) is 0 Å². The van der Waals surface area contributed by atoms with E-state index in [1.807, 2.05) is 12.1 Å². The smallest absolute Gasteiger partial charge is 0.185 e. The molecule has 0 N–H and O–H groups in total. The average Bonchev–Trinajstić information content (AvgIpc) is 2.39. The molecule has 1 aliphatic rings. The summed E-state index contributed by atoms with van der Waals surface area (Å²) < 4.78 is 23.9. The van der Waals surface area contributed by atoms with Crippen molar-refractivity contribution >= 4 is 9.84 Å². The van der Waals surface area contributed by atoms with Gasteiger partial charge >= 0.3 is 0 Å². The van der Waals surface area contributed by atoms with Crippen LogP contribution in [0, 0.1) is 0 Å². The number of rotatable bonds is 1. The van der Waals surface area contributed by atoms with Crippen LogP contribution in [0.15, 0.2) is 41.3 Å². The van der Waals surface area contributed by atoms with E-state index in [1.54, 1.807) is 19.1 Å². The third-order valence-corrected chi connectivity index (χ3v) is 4.94. The maximum atomic E-state index is 12.0. The molecule has 0 spiro atoms. The second-order valence-electron chi connectivity index (χ2n) is 3.69. The van der Waals surface area contributed by atoms with Crippen LogP contribution in [-0.2, 0) is 16.3 Å². The highest BCUT2D eigenvalue weighted by Gasteiger charge is 2.36. The molecule has 1 aromatic carbocycles. The first-order valence-corrected chi connectivity index (χ1v) is 6.05. The van der Waals surface area contributed by atoms with E-state index < -0.39 is 15.1 Å². The van der Waals surface area contributed by atoms with Crippen molar-refractivity contribution in [3.63, 3.8) is 0 Å². The van der Waals surface area contributed by atoms with Crippen LogP contribution < -0.4 is 0 Å². The Labute approximate surface area is 84.2 Å². The summed E-state index contributed by atoms with van der Waals surface area (Å²) in [6, 6.07) is 7.18. The highest BCUT2D eigenvalue weighted by Crippen LogP contribution is 2.33. The first-order valence-electron chi connectivity index (χ1n) is 4.50. The summed E-state index contributed by atoms with van der Waals surface area (Å²) in [6.45, 7) is 5.51.